The van der Waals surface area contributed by atoms with Crippen molar-refractivity contribution >= 4 is 17.8 Å². The summed E-state index contributed by atoms with van der Waals surface area (Å²) in [6.07, 6.45) is -0.246. The Balaban J connectivity index is 2.25. The predicted octanol–water partition coefficient (Wildman–Crippen LogP) is 0.976. The van der Waals surface area contributed by atoms with Crippen LogP contribution < -0.4 is 10.6 Å². The van der Waals surface area contributed by atoms with Crippen LogP contribution in [-0.2, 0) is 25.5 Å². The Morgan fingerprint density at radius 1 is 1.27 bits per heavy atom. The molecule has 1 aliphatic heterocycles. The molecule has 0 aromatic heterocycles. The van der Waals surface area contributed by atoms with Crippen LogP contribution in [0.3, 0.4) is 0 Å². The molecule has 2 amide bonds. The van der Waals surface area contributed by atoms with Crippen LogP contribution in [0.4, 0.5) is 0 Å². The Bertz CT molecular complexity index is 657. The van der Waals surface area contributed by atoms with Crippen molar-refractivity contribution in [1.82, 2.24) is 10.6 Å². The van der Waals surface area contributed by atoms with E-state index in [4.69, 9.17) is 4.74 Å². The van der Waals surface area contributed by atoms with Crippen LogP contribution in [0.1, 0.15) is 25.8 Å². The quantitative estimate of drug-likeness (QED) is 0.448. The molecule has 0 saturated carbocycles. The SMILES string of the molecule is CNC(=O)[C@H](Cc1ccccc1)NC(=O)[C@](CC(C)C)(C(=O)O)[C@H]1CO1. The standard InChI is InChI=1S/C19H26N2O5/c1-12(2)10-19(18(24)25,15-11-26-15)17(23)21-14(16(22)20-3)9-13-7-5-4-6-8-13/h4-8,12,14-15H,9-11H2,1-3H3,(H,20,22)(H,21,23)(H,24,25)/t14-,15+,19+/m0/s1. The molecule has 7 nitrogen and oxygen atoms in total. The summed E-state index contributed by atoms with van der Waals surface area (Å²) in [5, 5.41) is 15.0. The third-order valence-corrected chi connectivity index (χ3v) is 4.55. The number of epoxide rings is 1. The molecule has 1 aromatic carbocycles. The summed E-state index contributed by atoms with van der Waals surface area (Å²) in [7, 11) is 1.48. The lowest BCUT2D eigenvalue weighted by molar-refractivity contribution is -0.159. The van der Waals surface area contributed by atoms with E-state index in [1.165, 1.54) is 7.05 Å². The number of amides is 2. The van der Waals surface area contributed by atoms with E-state index < -0.39 is 29.4 Å². The number of aliphatic carboxylic acids is 1. The molecule has 3 atom stereocenters. The van der Waals surface area contributed by atoms with Gasteiger partial charge in [-0.15, -0.1) is 0 Å². The van der Waals surface area contributed by atoms with Gasteiger partial charge < -0.3 is 20.5 Å². The highest BCUT2D eigenvalue weighted by Gasteiger charge is 2.59. The first-order valence-electron chi connectivity index (χ1n) is 8.72. The number of nitrogens with one attached hydrogen (secondary N) is 2. The number of carbonyl (C=O) groups is 3. The van der Waals surface area contributed by atoms with Crippen LogP contribution in [0.25, 0.3) is 0 Å². The maximum Gasteiger partial charge on any atom is 0.322 e. The number of carboxylic acids is 1. The van der Waals surface area contributed by atoms with Crippen LogP contribution >= 0.6 is 0 Å². The van der Waals surface area contributed by atoms with Gasteiger partial charge in [0.15, 0.2) is 5.41 Å². The normalized spacial score (nSPS) is 19.3. The second-order valence-corrected chi connectivity index (χ2v) is 7.03. The number of ether oxygens (including phenoxy) is 1. The Hall–Kier alpha value is -2.41. The summed E-state index contributed by atoms with van der Waals surface area (Å²) < 4.78 is 5.20. The molecule has 142 valence electrons. The highest BCUT2D eigenvalue weighted by molar-refractivity contribution is 6.04. The molecule has 0 spiro atoms. The van der Waals surface area contributed by atoms with Crippen molar-refractivity contribution in [3.8, 4) is 0 Å². The number of rotatable bonds is 9. The number of hydrogen-bond donors (Lipinski definition) is 3. The van der Waals surface area contributed by atoms with E-state index in [1.54, 1.807) is 0 Å². The summed E-state index contributed by atoms with van der Waals surface area (Å²) in [6, 6.07) is 8.39. The minimum Gasteiger partial charge on any atom is -0.480 e. The highest BCUT2D eigenvalue weighted by Crippen LogP contribution is 2.39. The van der Waals surface area contributed by atoms with Crippen LogP contribution in [0.5, 0.6) is 0 Å². The van der Waals surface area contributed by atoms with Gasteiger partial charge in [-0.1, -0.05) is 44.2 Å². The van der Waals surface area contributed by atoms with Gasteiger partial charge in [0.1, 0.15) is 12.1 Å². The third-order valence-electron chi connectivity index (χ3n) is 4.55. The van der Waals surface area contributed by atoms with E-state index in [0.717, 1.165) is 5.56 Å². The highest BCUT2D eigenvalue weighted by atomic mass is 16.6. The molecule has 0 bridgehead atoms. The van der Waals surface area contributed by atoms with Crippen LogP contribution in [0.15, 0.2) is 30.3 Å². The molecule has 3 N–H and O–H groups in total. The Morgan fingerprint density at radius 2 is 1.88 bits per heavy atom. The van der Waals surface area contributed by atoms with Gasteiger partial charge in [-0.3, -0.25) is 14.4 Å². The Labute approximate surface area is 153 Å². The summed E-state index contributed by atoms with van der Waals surface area (Å²) >= 11 is 0. The van der Waals surface area contributed by atoms with Crippen molar-refractivity contribution in [2.75, 3.05) is 13.7 Å². The third kappa shape index (κ3) is 4.40. The van der Waals surface area contributed by atoms with Crippen molar-refractivity contribution in [2.45, 2.75) is 38.8 Å². The van der Waals surface area contributed by atoms with E-state index in [-0.39, 0.29) is 31.3 Å². The predicted molar refractivity (Wildman–Crippen MR) is 95.4 cm³/mol. The first-order chi connectivity index (χ1) is 12.3. The van der Waals surface area contributed by atoms with Crippen molar-refractivity contribution < 1.29 is 24.2 Å². The minimum absolute atomic E-state index is 0.0198. The molecule has 0 aliphatic carbocycles. The summed E-state index contributed by atoms with van der Waals surface area (Å²) in [6.45, 7) is 3.94. The molecule has 0 unspecified atom stereocenters. The summed E-state index contributed by atoms with van der Waals surface area (Å²) in [5.41, 5.74) is -0.814. The van der Waals surface area contributed by atoms with E-state index >= 15 is 0 Å². The molecule has 1 heterocycles. The van der Waals surface area contributed by atoms with Crippen LogP contribution in [0.2, 0.25) is 0 Å². The summed E-state index contributed by atoms with van der Waals surface area (Å²) in [4.78, 5) is 37.3. The van der Waals surface area contributed by atoms with Gasteiger partial charge in [0, 0.05) is 13.5 Å². The van der Waals surface area contributed by atoms with E-state index in [1.807, 2.05) is 44.2 Å². The van der Waals surface area contributed by atoms with Gasteiger partial charge in [0.05, 0.1) is 6.61 Å². The first kappa shape index (κ1) is 19.9. The van der Waals surface area contributed by atoms with Crippen molar-refractivity contribution in [3.63, 3.8) is 0 Å². The maximum absolute atomic E-state index is 13.0. The van der Waals surface area contributed by atoms with E-state index in [9.17, 15) is 19.5 Å². The van der Waals surface area contributed by atoms with E-state index in [2.05, 4.69) is 10.6 Å². The Kier molecular flexibility index (Phi) is 6.37. The lowest BCUT2D eigenvalue weighted by atomic mass is 9.76. The average molecular weight is 362 g/mol. The van der Waals surface area contributed by atoms with Gasteiger partial charge in [0.25, 0.3) is 0 Å². The Morgan fingerprint density at radius 3 is 2.35 bits per heavy atom. The van der Waals surface area contributed by atoms with Gasteiger partial charge in [-0.05, 0) is 17.9 Å². The number of carboxylic acid groups (broad SMARTS) is 1. The van der Waals surface area contributed by atoms with Gasteiger partial charge in [-0.25, -0.2) is 0 Å². The van der Waals surface area contributed by atoms with Crippen molar-refractivity contribution in [3.05, 3.63) is 35.9 Å². The number of hydrogen-bond acceptors (Lipinski definition) is 4. The molecule has 1 saturated heterocycles. The smallest absolute Gasteiger partial charge is 0.322 e. The zero-order valence-electron chi connectivity index (χ0n) is 15.3. The fourth-order valence-electron chi connectivity index (χ4n) is 3.19. The molecule has 1 fully saturated rings. The molecule has 26 heavy (non-hydrogen) atoms. The monoisotopic (exact) mass is 362 g/mol. The van der Waals surface area contributed by atoms with E-state index in [0.29, 0.717) is 0 Å². The number of likely N-dealkylation sites (N-methyl/N-ethyl adjacent to an activating group) is 1. The van der Waals surface area contributed by atoms with Crippen LogP contribution in [-0.4, -0.2) is 48.7 Å². The minimum atomic E-state index is -1.68. The second kappa shape index (κ2) is 8.31. The van der Waals surface area contributed by atoms with Crippen molar-refractivity contribution in [2.24, 2.45) is 11.3 Å². The zero-order chi connectivity index (χ0) is 19.3. The van der Waals surface area contributed by atoms with Gasteiger partial charge >= 0.3 is 5.97 Å². The fourth-order valence-corrected chi connectivity index (χ4v) is 3.19. The molecular formula is C19H26N2O5. The average Bonchev–Trinajstić information content (AvgIpc) is 3.44. The molecule has 0 radical (unpaired) electrons. The molecule has 7 heteroatoms. The van der Waals surface area contributed by atoms with Crippen molar-refractivity contribution in [1.29, 1.82) is 0 Å². The van der Waals surface area contributed by atoms with Gasteiger partial charge in [-0.2, -0.15) is 0 Å². The van der Waals surface area contributed by atoms with Crippen LogP contribution in [0, 0.1) is 11.3 Å². The zero-order valence-corrected chi connectivity index (χ0v) is 15.3. The second-order valence-electron chi connectivity index (χ2n) is 7.03. The molecule has 1 aromatic rings. The lowest BCUT2D eigenvalue weighted by Gasteiger charge is -2.30. The molecular weight excluding hydrogens is 336 g/mol. The number of benzene rings is 1. The molecule has 2 rings (SSSR count). The fraction of sp³-hybridized carbons (Fsp3) is 0.526. The topological polar surface area (TPSA) is 108 Å². The largest absolute Gasteiger partial charge is 0.480 e. The van der Waals surface area contributed by atoms with Gasteiger partial charge in [0.2, 0.25) is 11.8 Å². The lowest BCUT2D eigenvalue weighted by Crippen LogP contribution is -2.57. The first-order valence-corrected chi connectivity index (χ1v) is 8.72. The number of carbonyl (C=O) groups excluding carboxylic acids is 2. The molecule has 1 aliphatic rings. The summed E-state index contributed by atoms with van der Waals surface area (Å²) in [5.74, 6) is -2.29. The maximum atomic E-state index is 13.0.